The molecule has 1 aromatic heterocycles. The van der Waals surface area contributed by atoms with Crippen molar-refractivity contribution in [2.24, 2.45) is 0 Å². The molecule has 154 valence electrons. The van der Waals surface area contributed by atoms with Crippen molar-refractivity contribution in [3.8, 4) is 11.5 Å². The normalized spacial score (nSPS) is 19.7. The van der Waals surface area contributed by atoms with Gasteiger partial charge >= 0.3 is 0 Å². The van der Waals surface area contributed by atoms with Gasteiger partial charge in [0.2, 0.25) is 12.7 Å². The number of fused-ring (bicyclic) bond motifs is 1. The minimum Gasteiger partial charge on any atom is -0.454 e. The van der Waals surface area contributed by atoms with Crippen LogP contribution >= 0.6 is 0 Å². The maximum Gasteiger partial charge on any atom is 0.231 e. The van der Waals surface area contributed by atoms with Crippen LogP contribution in [0, 0.1) is 6.92 Å². The molecule has 1 aliphatic carbocycles. The minimum atomic E-state index is 0.325. The van der Waals surface area contributed by atoms with Gasteiger partial charge in [0.1, 0.15) is 5.82 Å². The van der Waals surface area contributed by atoms with Crippen LogP contribution in [0.1, 0.15) is 36.9 Å². The van der Waals surface area contributed by atoms with Crippen LogP contribution in [0.5, 0.6) is 11.5 Å². The lowest BCUT2D eigenvalue weighted by atomic mass is 10.1. The minimum absolute atomic E-state index is 0.325. The third-order valence-electron chi connectivity index (χ3n) is 6.05. The first-order valence-corrected chi connectivity index (χ1v) is 10.7. The summed E-state index contributed by atoms with van der Waals surface area (Å²) in [5.74, 6) is 3.53. The first-order chi connectivity index (χ1) is 14.2. The lowest BCUT2D eigenvalue weighted by molar-refractivity contribution is 0.174. The van der Waals surface area contributed by atoms with E-state index in [0.717, 1.165) is 61.7 Å². The summed E-state index contributed by atoms with van der Waals surface area (Å²) < 4.78 is 10.9. The zero-order chi connectivity index (χ0) is 19.6. The smallest absolute Gasteiger partial charge is 0.231 e. The Bertz CT molecular complexity index is 860. The summed E-state index contributed by atoms with van der Waals surface area (Å²) in [5.41, 5.74) is 2.29. The molecule has 1 aromatic carbocycles. The molecule has 3 heterocycles. The molecule has 2 aromatic rings. The van der Waals surface area contributed by atoms with E-state index in [1.165, 1.54) is 31.2 Å². The lowest BCUT2D eigenvalue weighted by Gasteiger charge is -2.35. The van der Waals surface area contributed by atoms with E-state index < -0.39 is 0 Å². The number of ether oxygens (including phenoxy) is 2. The van der Waals surface area contributed by atoms with Crippen molar-refractivity contribution in [2.75, 3.05) is 43.2 Å². The van der Waals surface area contributed by atoms with Gasteiger partial charge in [0.15, 0.2) is 11.5 Å². The molecule has 0 amide bonds. The zero-order valence-corrected chi connectivity index (χ0v) is 17.1. The number of hydrogen-bond acceptors (Lipinski definition) is 7. The van der Waals surface area contributed by atoms with E-state index in [2.05, 4.69) is 40.2 Å². The molecule has 0 spiro atoms. The fourth-order valence-corrected chi connectivity index (χ4v) is 4.45. The van der Waals surface area contributed by atoms with Crippen LogP contribution in [0.3, 0.4) is 0 Å². The maximum atomic E-state index is 5.50. The Morgan fingerprint density at radius 3 is 2.62 bits per heavy atom. The van der Waals surface area contributed by atoms with E-state index in [-0.39, 0.29) is 0 Å². The third-order valence-corrected chi connectivity index (χ3v) is 6.05. The number of aryl methyl sites for hydroxylation is 1. The average Bonchev–Trinajstić information content (AvgIpc) is 3.39. The highest BCUT2D eigenvalue weighted by molar-refractivity contribution is 5.45. The SMILES string of the molecule is Cc1cc(NC2CCCC2)nc(N2CCN(Cc3ccc4c(c3)OCO4)CC2)n1. The maximum absolute atomic E-state index is 5.50. The van der Waals surface area contributed by atoms with Gasteiger partial charge in [-0.3, -0.25) is 4.90 Å². The Morgan fingerprint density at radius 1 is 1.00 bits per heavy atom. The van der Waals surface area contributed by atoms with Crippen LogP contribution in [0.15, 0.2) is 24.3 Å². The summed E-state index contributed by atoms with van der Waals surface area (Å²) in [6.45, 7) is 7.18. The molecule has 0 unspecified atom stereocenters. The average molecular weight is 396 g/mol. The lowest BCUT2D eigenvalue weighted by Crippen LogP contribution is -2.46. The molecule has 1 saturated heterocycles. The fourth-order valence-electron chi connectivity index (χ4n) is 4.45. The molecular formula is C22H29N5O2. The van der Waals surface area contributed by atoms with Crippen molar-refractivity contribution in [3.63, 3.8) is 0 Å². The molecule has 0 radical (unpaired) electrons. The van der Waals surface area contributed by atoms with E-state index in [1.807, 2.05) is 6.07 Å². The summed E-state index contributed by atoms with van der Waals surface area (Å²) in [4.78, 5) is 14.3. The summed E-state index contributed by atoms with van der Waals surface area (Å²) in [6.07, 6.45) is 5.13. The second-order valence-electron chi connectivity index (χ2n) is 8.27. The Hall–Kier alpha value is -2.54. The molecular weight excluding hydrogens is 366 g/mol. The largest absolute Gasteiger partial charge is 0.454 e. The van der Waals surface area contributed by atoms with Gasteiger partial charge in [-0.2, -0.15) is 4.98 Å². The Kier molecular flexibility index (Phi) is 5.14. The zero-order valence-electron chi connectivity index (χ0n) is 17.1. The van der Waals surface area contributed by atoms with E-state index >= 15 is 0 Å². The van der Waals surface area contributed by atoms with Crippen LogP contribution in [-0.4, -0.2) is 53.9 Å². The number of anilines is 2. The molecule has 0 atom stereocenters. The fraction of sp³-hybridized carbons (Fsp3) is 0.545. The van der Waals surface area contributed by atoms with Gasteiger partial charge in [0.25, 0.3) is 0 Å². The molecule has 2 aliphatic heterocycles. The monoisotopic (exact) mass is 395 g/mol. The summed E-state index contributed by atoms with van der Waals surface area (Å²) in [6, 6.07) is 8.87. The van der Waals surface area contributed by atoms with Crippen molar-refractivity contribution in [3.05, 3.63) is 35.5 Å². The molecule has 5 rings (SSSR count). The third kappa shape index (κ3) is 4.24. The van der Waals surface area contributed by atoms with E-state index in [0.29, 0.717) is 12.8 Å². The van der Waals surface area contributed by atoms with Crippen LogP contribution in [0.2, 0.25) is 0 Å². The van der Waals surface area contributed by atoms with Crippen LogP contribution < -0.4 is 19.7 Å². The predicted molar refractivity (Wildman–Crippen MR) is 113 cm³/mol. The number of piperazine rings is 1. The Labute approximate surface area is 172 Å². The molecule has 7 nitrogen and oxygen atoms in total. The van der Waals surface area contributed by atoms with E-state index in [4.69, 9.17) is 19.4 Å². The van der Waals surface area contributed by atoms with Crippen molar-refractivity contribution < 1.29 is 9.47 Å². The number of hydrogen-bond donors (Lipinski definition) is 1. The van der Waals surface area contributed by atoms with Crippen molar-refractivity contribution >= 4 is 11.8 Å². The number of aromatic nitrogens is 2. The van der Waals surface area contributed by atoms with Gasteiger partial charge in [-0.15, -0.1) is 0 Å². The highest BCUT2D eigenvalue weighted by atomic mass is 16.7. The van der Waals surface area contributed by atoms with Crippen LogP contribution in [-0.2, 0) is 6.54 Å². The molecule has 1 N–H and O–H groups in total. The molecule has 0 bridgehead atoms. The van der Waals surface area contributed by atoms with Crippen LogP contribution in [0.4, 0.5) is 11.8 Å². The molecule has 7 heteroatoms. The van der Waals surface area contributed by atoms with Gasteiger partial charge in [0, 0.05) is 50.5 Å². The highest BCUT2D eigenvalue weighted by Crippen LogP contribution is 2.33. The predicted octanol–water partition coefficient (Wildman–Crippen LogP) is 3.19. The number of benzene rings is 1. The Balaban J connectivity index is 1.19. The van der Waals surface area contributed by atoms with E-state index in [9.17, 15) is 0 Å². The van der Waals surface area contributed by atoms with Gasteiger partial charge in [-0.05, 0) is 37.5 Å². The number of nitrogens with one attached hydrogen (secondary N) is 1. The molecule has 3 aliphatic rings. The van der Waals surface area contributed by atoms with Gasteiger partial charge in [0.05, 0.1) is 0 Å². The second-order valence-corrected chi connectivity index (χ2v) is 8.27. The first kappa shape index (κ1) is 18.5. The number of nitrogens with zero attached hydrogens (tertiary/aromatic N) is 4. The topological polar surface area (TPSA) is 62.8 Å². The summed E-state index contributed by atoms with van der Waals surface area (Å²) in [7, 11) is 0. The second kappa shape index (κ2) is 8.06. The summed E-state index contributed by atoms with van der Waals surface area (Å²) in [5, 5.41) is 3.61. The standard InChI is InChI=1S/C22H29N5O2/c1-16-12-21(24-18-4-2-3-5-18)25-22(23-16)27-10-8-26(9-11-27)14-17-6-7-19-20(13-17)29-15-28-19/h6-7,12-13,18H,2-5,8-11,14-15H2,1H3,(H,23,24,25). The van der Waals surface area contributed by atoms with Crippen LogP contribution in [0.25, 0.3) is 0 Å². The quantitative estimate of drug-likeness (QED) is 0.834. The van der Waals surface area contributed by atoms with E-state index in [1.54, 1.807) is 0 Å². The van der Waals surface area contributed by atoms with Gasteiger partial charge in [-0.25, -0.2) is 4.98 Å². The van der Waals surface area contributed by atoms with Gasteiger partial charge in [-0.1, -0.05) is 18.9 Å². The summed E-state index contributed by atoms with van der Waals surface area (Å²) >= 11 is 0. The molecule has 29 heavy (non-hydrogen) atoms. The van der Waals surface area contributed by atoms with Crippen molar-refractivity contribution in [1.29, 1.82) is 0 Å². The molecule has 2 fully saturated rings. The number of rotatable bonds is 5. The Morgan fingerprint density at radius 2 is 1.79 bits per heavy atom. The van der Waals surface area contributed by atoms with Gasteiger partial charge < -0.3 is 19.7 Å². The molecule has 1 saturated carbocycles. The van der Waals surface area contributed by atoms with Crippen molar-refractivity contribution in [2.45, 2.75) is 45.2 Å². The van der Waals surface area contributed by atoms with Crippen molar-refractivity contribution in [1.82, 2.24) is 14.9 Å². The highest BCUT2D eigenvalue weighted by Gasteiger charge is 2.22. The first-order valence-electron chi connectivity index (χ1n) is 10.7.